The van der Waals surface area contributed by atoms with Gasteiger partial charge in [-0.25, -0.2) is 5.01 Å². The molecule has 3 heteroatoms. The first-order valence-corrected chi connectivity index (χ1v) is 5.60. The minimum atomic E-state index is 0.672. The van der Waals surface area contributed by atoms with Crippen LogP contribution < -0.4 is 11.2 Å². The Morgan fingerprint density at radius 1 is 1.15 bits per heavy atom. The van der Waals surface area contributed by atoms with E-state index in [0.29, 0.717) is 6.04 Å². The van der Waals surface area contributed by atoms with Crippen molar-refractivity contribution in [3.8, 4) is 0 Å². The van der Waals surface area contributed by atoms with Crippen molar-refractivity contribution in [3.63, 3.8) is 0 Å². The van der Waals surface area contributed by atoms with E-state index in [2.05, 4.69) is 5.32 Å². The molecule has 1 heterocycles. The van der Waals surface area contributed by atoms with Gasteiger partial charge >= 0.3 is 0 Å². The zero-order chi connectivity index (χ0) is 9.68. The van der Waals surface area contributed by atoms with E-state index in [0.717, 1.165) is 19.1 Å². The van der Waals surface area contributed by atoms with E-state index in [1.165, 1.54) is 25.7 Å². The lowest BCUT2D eigenvalue weighted by atomic mass is 9.92. The first-order chi connectivity index (χ1) is 6.34. The number of hydrazine groups is 1. The van der Waals surface area contributed by atoms with Crippen LogP contribution in [0.15, 0.2) is 0 Å². The van der Waals surface area contributed by atoms with Gasteiger partial charge in [-0.15, -0.1) is 0 Å². The predicted octanol–water partition coefficient (Wildman–Crippen LogP) is 1.10. The van der Waals surface area contributed by atoms with Crippen LogP contribution in [0.1, 0.15) is 39.5 Å². The highest BCUT2D eigenvalue weighted by Crippen LogP contribution is 2.20. The van der Waals surface area contributed by atoms with Gasteiger partial charge in [-0.3, -0.25) is 5.84 Å². The Kier molecular flexibility index (Phi) is 4.70. The standard InChI is InChI=1S/C8H17N3.C2H6/c9-11-5-4-8(6-11)10-7-2-1-3-7;1-2/h7-8,10H,1-6,9H2;1-2H3. The highest BCUT2D eigenvalue weighted by molar-refractivity contribution is 4.85. The minimum Gasteiger partial charge on any atom is -0.310 e. The highest BCUT2D eigenvalue weighted by Gasteiger charge is 2.25. The number of hydrogen-bond acceptors (Lipinski definition) is 3. The van der Waals surface area contributed by atoms with Gasteiger partial charge < -0.3 is 5.32 Å². The van der Waals surface area contributed by atoms with Crippen molar-refractivity contribution >= 4 is 0 Å². The molecule has 78 valence electrons. The van der Waals surface area contributed by atoms with Crippen molar-refractivity contribution in [1.29, 1.82) is 0 Å². The average molecular weight is 185 g/mol. The molecule has 3 nitrogen and oxygen atoms in total. The number of nitrogens with one attached hydrogen (secondary N) is 1. The first kappa shape index (κ1) is 11.0. The third-order valence-electron chi connectivity index (χ3n) is 2.80. The van der Waals surface area contributed by atoms with Crippen LogP contribution in [0, 0.1) is 0 Å². The molecule has 0 bridgehead atoms. The lowest BCUT2D eigenvalue weighted by Crippen LogP contribution is -2.44. The second-order valence-corrected chi connectivity index (χ2v) is 3.78. The molecule has 0 aromatic rings. The summed E-state index contributed by atoms with van der Waals surface area (Å²) in [6, 6.07) is 1.48. The summed E-state index contributed by atoms with van der Waals surface area (Å²) in [4.78, 5) is 0. The molecule has 0 spiro atoms. The Balaban J connectivity index is 0.000000396. The molecule has 2 rings (SSSR count). The molecule has 3 N–H and O–H groups in total. The largest absolute Gasteiger partial charge is 0.310 e. The second-order valence-electron chi connectivity index (χ2n) is 3.78. The monoisotopic (exact) mass is 185 g/mol. The maximum Gasteiger partial charge on any atom is 0.0283 e. The van der Waals surface area contributed by atoms with E-state index in [1.54, 1.807) is 0 Å². The van der Waals surface area contributed by atoms with E-state index in [1.807, 2.05) is 18.9 Å². The van der Waals surface area contributed by atoms with Crippen molar-refractivity contribution in [1.82, 2.24) is 10.3 Å². The van der Waals surface area contributed by atoms with Crippen LogP contribution in [-0.4, -0.2) is 30.2 Å². The zero-order valence-electron chi connectivity index (χ0n) is 8.92. The quantitative estimate of drug-likeness (QED) is 0.633. The fraction of sp³-hybridized carbons (Fsp3) is 1.00. The van der Waals surface area contributed by atoms with Gasteiger partial charge in [0.25, 0.3) is 0 Å². The summed E-state index contributed by atoms with van der Waals surface area (Å²) >= 11 is 0. The highest BCUT2D eigenvalue weighted by atomic mass is 15.4. The summed E-state index contributed by atoms with van der Waals surface area (Å²) in [6.45, 7) is 6.10. The molecule has 1 saturated heterocycles. The normalized spacial score (nSPS) is 29.3. The summed E-state index contributed by atoms with van der Waals surface area (Å²) in [5, 5.41) is 5.54. The number of nitrogens with zero attached hydrogens (tertiary/aromatic N) is 1. The molecule has 1 atom stereocenters. The maximum atomic E-state index is 5.65. The lowest BCUT2D eigenvalue weighted by Gasteiger charge is -2.29. The number of hydrogen-bond donors (Lipinski definition) is 2. The Labute approximate surface area is 81.6 Å². The van der Waals surface area contributed by atoms with Gasteiger partial charge in [0.05, 0.1) is 0 Å². The third-order valence-corrected chi connectivity index (χ3v) is 2.80. The van der Waals surface area contributed by atoms with Crippen molar-refractivity contribution in [2.75, 3.05) is 13.1 Å². The fourth-order valence-corrected chi connectivity index (χ4v) is 1.83. The molecule has 1 aliphatic heterocycles. The molecule has 2 fully saturated rings. The molecular formula is C10H23N3. The van der Waals surface area contributed by atoms with Crippen molar-refractivity contribution in [2.45, 2.75) is 51.6 Å². The topological polar surface area (TPSA) is 41.3 Å². The summed E-state index contributed by atoms with van der Waals surface area (Å²) in [5.41, 5.74) is 0. The van der Waals surface area contributed by atoms with Gasteiger partial charge in [-0.1, -0.05) is 20.3 Å². The second kappa shape index (κ2) is 5.58. The molecule has 13 heavy (non-hydrogen) atoms. The zero-order valence-corrected chi connectivity index (χ0v) is 8.92. The van der Waals surface area contributed by atoms with Gasteiger partial charge in [0, 0.05) is 25.2 Å². The third kappa shape index (κ3) is 3.25. The van der Waals surface area contributed by atoms with Crippen LogP contribution in [0.5, 0.6) is 0 Å². The average Bonchev–Trinajstić information content (AvgIpc) is 2.48. The van der Waals surface area contributed by atoms with Crippen LogP contribution >= 0.6 is 0 Å². The first-order valence-electron chi connectivity index (χ1n) is 5.60. The van der Waals surface area contributed by atoms with Gasteiger partial charge in [0.2, 0.25) is 0 Å². The Bertz CT molecular complexity index is 134. The van der Waals surface area contributed by atoms with Crippen LogP contribution in [-0.2, 0) is 0 Å². The van der Waals surface area contributed by atoms with Gasteiger partial charge in [0.1, 0.15) is 0 Å². The summed E-state index contributed by atoms with van der Waals surface area (Å²) < 4.78 is 0. The van der Waals surface area contributed by atoms with Crippen molar-refractivity contribution < 1.29 is 0 Å². The van der Waals surface area contributed by atoms with Crippen LogP contribution in [0.2, 0.25) is 0 Å². The van der Waals surface area contributed by atoms with E-state index in [9.17, 15) is 0 Å². The Hall–Kier alpha value is -0.120. The Morgan fingerprint density at radius 3 is 2.23 bits per heavy atom. The molecular weight excluding hydrogens is 162 g/mol. The molecule has 0 amide bonds. The van der Waals surface area contributed by atoms with Gasteiger partial charge in [-0.2, -0.15) is 0 Å². The predicted molar refractivity (Wildman–Crippen MR) is 56.3 cm³/mol. The molecule has 2 aliphatic rings. The fourth-order valence-electron chi connectivity index (χ4n) is 1.83. The molecule has 1 aliphatic carbocycles. The van der Waals surface area contributed by atoms with Crippen LogP contribution in [0.25, 0.3) is 0 Å². The lowest BCUT2D eigenvalue weighted by molar-refractivity contribution is 0.289. The Morgan fingerprint density at radius 2 is 1.85 bits per heavy atom. The van der Waals surface area contributed by atoms with E-state index in [4.69, 9.17) is 5.84 Å². The number of rotatable bonds is 2. The van der Waals surface area contributed by atoms with Crippen LogP contribution in [0.3, 0.4) is 0 Å². The maximum absolute atomic E-state index is 5.65. The molecule has 1 saturated carbocycles. The van der Waals surface area contributed by atoms with Crippen LogP contribution in [0.4, 0.5) is 0 Å². The summed E-state index contributed by atoms with van der Waals surface area (Å²) in [5.74, 6) is 5.65. The van der Waals surface area contributed by atoms with E-state index >= 15 is 0 Å². The van der Waals surface area contributed by atoms with E-state index < -0.39 is 0 Å². The van der Waals surface area contributed by atoms with Crippen molar-refractivity contribution in [3.05, 3.63) is 0 Å². The van der Waals surface area contributed by atoms with Crippen molar-refractivity contribution in [2.24, 2.45) is 5.84 Å². The molecule has 0 aromatic carbocycles. The SMILES string of the molecule is CC.NN1CCC(NC2CCC2)C1. The smallest absolute Gasteiger partial charge is 0.0283 e. The molecule has 0 aromatic heterocycles. The van der Waals surface area contributed by atoms with Gasteiger partial charge in [0.15, 0.2) is 0 Å². The summed E-state index contributed by atoms with van der Waals surface area (Å²) in [7, 11) is 0. The van der Waals surface area contributed by atoms with Gasteiger partial charge in [-0.05, 0) is 19.3 Å². The summed E-state index contributed by atoms with van der Waals surface area (Å²) in [6.07, 6.45) is 5.39. The number of nitrogens with two attached hydrogens (primary N) is 1. The molecule has 1 unspecified atom stereocenters. The van der Waals surface area contributed by atoms with E-state index in [-0.39, 0.29) is 0 Å². The molecule has 0 radical (unpaired) electrons. The minimum absolute atomic E-state index is 0.672.